The number of anilines is 1. The summed E-state index contributed by atoms with van der Waals surface area (Å²) in [6, 6.07) is 3.30. The van der Waals surface area contributed by atoms with Crippen molar-refractivity contribution in [2.24, 2.45) is 5.73 Å². The number of amides is 1. The summed E-state index contributed by atoms with van der Waals surface area (Å²) in [6.07, 6.45) is 3.15. The molecule has 1 amide bonds. The zero-order valence-electron chi connectivity index (χ0n) is 8.40. The predicted octanol–water partition coefficient (Wildman–Crippen LogP) is -0.0291. The average molecular weight is 227 g/mol. The Kier molecular flexibility index (Phi) is 4.23. The van der Waals surface area contributed by atoms with E-state index in [1.165, 1.54) is 6.20 Å². The van der Waals surface area contributed by atoms with Crippen molar-refractivity contribution in [3.63, 3.8) is 0 Å². The molecule has 0 aliphatic carbocycles. The van der Waals surface area contributed by atoms with Crippen LogP contribution in [0.1, 0.15) is 10.5 Å². The van der Waals surface area contributed by atoms with E-state index in [9.17, 15) is 9.00 Å². The summed E-state index contributed by atoms with van der Waals surface area (Å²) in [5, 5.41) is 3.03. The number of hydrogen-bond donors (Lipinski definition) is 2. The van der Waals surface area contributed by atoms with Crippen molar-refractivity contribution in [3.05, 3.63) is 24.0 Å². The zero-order valence-corrected chi connectivity index (χ0v) is 9.21. The number of hydrogen-bond acceptors (Lipinski definition) is 4. The van der Waals surface area contributed by atoms with Gasteiger partial charge in [0.1, 0.15) is 5.69 Å². The predicted molar refractivity (Wildman–Crippen MR) is 60.2 cm³/mol. The molecule has 1 atom stereocenters. The normalized spacial score (nSPS) is 12.1. The molecule has 1 aromatic heterocycles. The van der Waals surface area contributed by atoms with Crippen molar-refractivity contribution in [2.75, 3.05) is 23.9 Å². The van der Waals surface area contributed by atoms with Crippen LogP contribution in [0.25, 0.3) is 0 Å². The maximum absolute atomic E-state index is 10.8. The fourth-order valence-electron chi connectivity index (χ4n) is 1.01. The monoisotopic (exact) mass is 227 g/mol. The first-order valence-electron chi connectivity index (χ1n) is 4.39. The summed E-state index contributed by atoms with van der Waals surface area (Å²) >= 11 is 0. The van der Waals surface area contributed by atoms with E-state index in [0.717, 1.165) is 5.69 Å². The summed E-state index contributed by atoms with van der Waals surface area (Å²) in [5.41, 5.74) is 6.06. The lowest BCUT2D eigenvalue weighted by atomic mass is 10.3. The number of nitrogens with zero attached hydrogens (tertiary/aromatic N) is 1. The number of aromatic nitrogens is 1. The molecule has 6 heteroatoms. The number of primary amides is 1. The molecule has 0 aliphatic rings. The highest BCUT2D eigenvalue weighted by molar-refractivity contribution is 7.84. The molecule has 0 bridgehead atoms. The van der Waals surface area contributed by atoms with E-state index in [0.29, 0.717) is 12.3 Å². The Morgan fingerprint density at radius 3 is 3.00 bits per heavy atom. The molecule has 0 aliphatic heterocycles. The van der Waals surface area contributed by atoms with Crippen LogP contribution < -0.4 is 11.1 Å². The van der Waals surface area contributed by atoms with Crippen molar-refractivity contribution >= 4 is 22.4 Å². The van der Waals surface area contributed by atoms with Gasteiger partial charge in [0.25, 0.3) is 5.91 Å². The summed E-state index contributed by atoms with van der Waals surface area (Å²) in [6.45, 7) is 0.589. The first-order chi connectivity index (χ1) is 7.09. The molecule has 15 heavy (non-hydrogen) atoms. The Morgan fingerprint density at radius 2 is 2.40 bits per heavy atom. The number of pyridine rings is 1. The van der Waals surface area contributed by atoms with Gasteiger partial charge in [-0.1, -0.05) is 0 Å². The Labute approximate surface area is 90.5 Å². The quantitative estimate of drug-likeness (QED) is 0.739. The van der Waals surface area contributed by atoms with E-state index in [1.54, 1.807) is 18.4 Å². The molecule has 1 heterocycles. The Morgan fingerprint density at radius 1 is 1.67 bits per heavy atom. The molecular formula is C9H13N3O2S. The lowest BCUT2D eigenvalue weighted by Gasteiger charge is -2.05. The fraction of sp³-hybridized carbons (Fsp3) is 0.333. The van der Waals surface area contributed by atoms with Crippen LogP contribution >= 0.6 is 0 Å². The third-order valence-corrected chi connectivity index (χ3v) is 2.51. The van der Waals surface area contributed by atoms with Gasteiger partial charge in [0, 0.05) is 41.2 Å². The minimum atomic E-state index is -0.823. The molecule has 0 aromatic carbocycles. The van der Waals surface area contributed by atoms with Gasteiger partial charge in [-0.3, -0.25) is 14.0 Å². The average Bonchev–Trinajstić information content (AvgIpc) is 2.17. The molecule has 1 aromatic rings. The molecule has 5 nitrogen and oxygen atoms in total. The molecule has 0 saturated heterocycles. The van der Waals surface area contributed by atoms with Crippen LogP contribution in [0.4, 0.5) is 5.69 Å². The third kappa shape index (κ3) is 4.07. The number of nitrogens with two attached hydrogens (primary N) is 1. The van der Waals surface area contributed by atoms with Gasteiger partial charge in [0.05, 0.1) is 0 Å². The van der Waals surface area contributed by atoms with Gasteiger partial charge in [0.15, 0.2) is 0 Å². The molecule has 1 unspecified atom stereocenters. The van der Waals surface area contributed by atoms with Crippen molar-refractivity contribution in [1.82, 2.24) is 4.98 Å². The van der Waals surface area contributed by atoms with Crippen molar-refractivity contribution in [2.45, 2.75) is 0 Å². The third-order valence-electron chi connectivity index (χ3n) is 1.73. The molecular weight excluding hydrogens is 214 g/mol. The van der Waals surface area contributed by atoms with Gasteiger partial charge in [-0.25, -0.2) is 0 Å². The summed E-state index contributed by atoms with van der Waals surface area (Å²) in [7, 11) is -0.823. The second-order valence-electron chi connectivity index (χ2n) is 3.00. The molecule has 0 radical (unpaired) electrons. The molecule has 1 rings (SSSR count). The van der Waals surface area contributed by atoms with Crippen LogP contribution in [0.2, 0.25) is 0 Å². The second-order valence-corrected chi connectivity index (χ2v) is 4.55. The first kappa shape index (κ1) is 11.6. The van der Waals surface area contributed by atoms with Crippen molar-refractivity contribution < 1.29 is 9.00 Å². The molecule has 0 saturated carbocycles. The minimum Gasteiger partial charge on any atom is -0.384 e. The molecule has 0 spiro atoms. The number of nitrogens with one attached hydrogen (secondary N) is 1. The van der Waals surface area contributed by atoms with E-state index in [1.807, 2.05) is 0 Å². The standard InChI is InChI=1S/C9H13N3O2S/c1-15(14)5-4-11-7-2-3-12-8(6-7)9(10)13/h2-3,6H,4-5H2,1H3,(H2,10,13)(H,11,12). The van der Waals surface area contributed by atoms with E-state index in [4.69, 9.17) is 5.73 Å². The number of carbonyl (C=O) groups excluding carboxylic acids is 1. The smallest absolute Gasteiger partial charge is 0.267 e. The molecule has 82 valence electrons. The van der Waals surface area contributed by atoms with Crippen LogP contribution in [-0.4, -0.2) is 33.7 Å². The van der Waals surface area contributed by atoms with Crippen molar-refractivity contribution in [3.8, 4) is 0 Å². The lowest BCUT2D eigenvalue weighted by molar-refractivity contribution is 0.0995. The van der Waals surface area contributed by atoms with Gasteiger partial charge in [-0.05, 0) is 12.1 Å². The fourth-order valence-corrected chi connectivity index (χ4v) is 1.40. The maximum atomic E-state index is 10.8. The van der Waals surface area contributed by atoms with E-state index < -0.39 is 16.7 Å². The Balaban J connectivity index is 2.58. The van der Waals surface area contributed by atoms with Gasteiger partial charge in [0.2, 0.25) is 0 Å². The lowest BCUT2D eigenvalue weighted by Crippen LogP contribution is -2.14. The van der Waals surface area contributed by atoms with Crippen LogP contribution in [0.3, 0.4) is 0 Å². The Bertz CT molecular complexity index is 381. The summed E-state index contributed by atoms with van der Waals surface area (Å²) < 4.78 is 10.8. The number of rotatable bonds is 5. The molecule has 0 fully saturated rings. The highest BCUT2D eigenvalue weighted by atomic mass is 32.2. The highest BCUT2D eigenvalue weighted by Gasteiger charge is 2.02. The Hall–Kier alpha value is -1.43. The first-order valence-corrected chi connectivity index (χ1v) is 6.12. The van der Waals surface area contributed by atoms with Crippen molar-refractivity contribution in [1.29, 1.82) is 0 Å². The number of carbonyl (C=O) groups is 1. The zero-order chi connectivity index (χ0) is 11.3. The van der Waals surface area contributed by atoms with Crippen LogP contribution in [0.15, 0.2) is 18.3 Å². The minimum absolute atomic E-state index is 0.220. The van der Waals surface area contributed by atoms with Crippen LogP contribution in [0, 0.1) is 0 Å². The summed E-state index contributed by atoms with van der Waals surface area (Å²) in [5.74, 6) is 0.00605. The maximum Gasteiger partial charge on any atom is 0.267 e. The summed E-state index contributed by atoms with van der Waals surface area (Å²) in [4.78, 5) is 14.6. The SMILES string of the molecule is CS(=O)CCNc1ccnc(C(N)=O)c1. The highest BCUT2D eigenvalue weighted by Crippen LogP contribution is 2.06. The largest absolute Gasteiger partial charge is 0.384 e. The van der Waals surface area contributed by atoms with Crippen LogP contribution in [0.5, 0.6) is 0 Å². The van der Waals surface area contributed by atoms with Gasteiger partial charge < -0.3 is 11.1 Å². The second kappa shape index (κ2) is 5.45. The van der Waals surface area contributed by atoms with E-state index in [-0.39, 0.29) is 5.69 Å². The van der Waals surface area contributed by atoms with Crippen LogP contribution in [-0.2, 0) is 10.8 Å². The van der Waals surface area contributed by atoms with Gasteiger partial charge >= 0.3 is 0 Å². The van der Waals surface area contributed by atoms with E-state index in [2.05, 4.69) is 10.3 Å². The van der Waals surface area contributed by atoms with Gasteiger partial charge in [-0.2, -0.15) is 0 Å². The topological polar surface area (TPSA) is 85.1 Å². The molecule has 3 N–H and O–H groups in total. The van der Waals surface area contributed by atoms with E-state index >= 15 is 0 Å². The van der Waals surface area contributed by atoms with Gasteiger partial charge in [-0.15, -0.1) is 0 Å².